The molecule has 0 fully saturated rings. The summed E-state index contributed by atoms with van der Waals surface area (Å²) in [7, 11) is 0. The number of rotatable bonds is 10. The zero-order valence-electron chi connectivity index (χ0n) is 15.9. The van der Waals surface area contributed by atoms with Gasteiger partial charge in [-0.3, -0.25) is 0 Å². The average Bonchev–Trinajstić information content (AvgIpc) is 3.06. The van der Waals surface area contributed by atoms with Crippen LogP contribution in [-0.4, -0.2) is 12.2 Å². The van der Waals surface area contributed by atoms with Crippen molar-refractivity contribution < 1.29 is 33.1 Å². The van der Waals surface area contributed by atoms with E-state index in [1.165, 1.54) is 19.3 Å². The van der Waals surface area contributed by atoms with Gasteiger partial charge in [0.1, 0.15) is 0 Å². The van der Waals surface area contributed by atoms with Gasteiger partial charge in [0, 0.05) is 0 Å². The van der Waals surface area contributed by atoms with Crippen molar-refractivity contribution in [3.8, 4) is 0 Å². The van der Waals surface area contributed by atoms with Crippen LogP contribution in [0.3, 0.4) is 0 Å². The van der Waals surface area contributed by atoms with Crippen LogP contribution >= 0.6 is 0 Å². The Morgan fingerprint density at radius 1 is 1.12 bits per heavy atom. The van der Waals surface area contributed by atoms with Crippen LogP contribution < -0.4 is 10.2 Å². The van der Waals surface area contributed by atoms with Crippen molar-refractivity contribution in [3.63, 3.8) is 0 Å². The van der Waals surface area contributed by atoms with E-state index in [2.05, 4.69) is 38.3 Å². The Morgan fingerprint density at radius 3 is 1.96 bits per heavy atom. The van der Waals surface area contributed by atoms with Gasteiger partial charge in [0.05, 0.1) is 0 Å². The number of allylic oxidation sites excluding steroid dienone is 6. The molecule has 0 heterocycles. The van der Waals surface area contributed by atoms with Crippen molar-refractivity contribution in [2.75, 3.05) is 0 Å². The fraction of sp³-hybridized carbons (Fsp3) is 0.619. The summed E-state index contributed by atoms with van der Waals surface area (Å²) in [5, 5.41) is 20.5. The quantitative estimate of drug-likeness (QED) is 0.252. The van der Waals surface area contributed by atoms with Crippen LogP contribution in [0.5, 0.6) is 0 Å². The molecule has 0 saturated heterocycles. The van der Waals surface area contributed by atoms with E-state index < -0.39 is 12.2 Å². The zero-order valence-corrected chi connectivity index (χ0v) is 19.5. The van der Waals surface area contributed by atoms with Crippen molar-refractivity contribution >= 4 is 0 Å². The summed E-state index contributed by atoms with van der Waals surface area (Å²) >= 11 is -0.283. The second-order valence-corrected chi connectivity index (χ2v) is 11.3. The summed E-state index contributed by atoms with van der Waals surface area (Å²) in [6.07, 6.45) is 16.9. The maximum atomic E-state index is 10.2. The van der Waals surface area contributed by atoms with Gasteiger partial charge in [0.15, 0.2) is 0 Å². The molecule has 0 aliphatic heterocycles. The third kappa shape index (κ3) is 24.0. The first-order valence-corrected chi connectivity index (χ1v) is 13.4. The van der Waals surface area contributed by atoms with Crippen molar-refractivity contribution in [1.29, 1.82) is 0 Å². The van der Waals surface area contributed by atoms with Gasteiger partial charge in [0.25, 0.3) is 0 Å². The minimum absolute atomic E-state index is 0.283. The van der Waals surface area contributed by atoms with Gasteiger partial charge < -0.3 is 10.2 Å². The van der Waals surface area contributed by atoms with Crippen molar-refractivity contribution in [2.24, 2.45) is 0 Å². The van der Waals surface area contributed by atoms with E-state index in [4.69, 9.17) is 0 Å². The molecule has 24 heavy (non-hydrogen) atoms. The summed E-state index contributed by atoms with van der Waals surface area (Å²) < 4.78 is 3.39. The number of hydrogen-bond donors (Lipinski definition) is 0. The van der Waals surface area contributed by atoms with E-state index in [-0.39, 0.29) is 22.9 Å². The van der Waals surface area contributed by atoms with Gasteiger partial charge in [-0.15, -0.1) is 25.4 Å². The van der Waals surface area contributed by atoms with Crippen molar-refractivity contribution in [1.82, 2.24) is 0 Å². The van der Waals surface area contributed by atoms with Crippen LogP contribution in [0.15, 0.2) is 46.9 Å². The summed E-state index contributed by atoms with van der Waals surface area (Å²) in [5.41, 5.74) is 0. The fourth-order valence-electron chi connectivity index (χ4n) is 1.71. The molecule has 0 N–H and O–H groups in total. The predicted octanol–water partition coefficient (Wildman–Crippen LogP) is 4.53. The molecule has 136 valence electrons. The number of unbranched alkanes of at least 4 members (excludes halogenated alkanes) is 1. The van der Waals surface area contributed by atoms with Gasteiger partial charge in [-0.1, -0.05) is 38.8 Å². The summed E-state index contributed by atoms with van der Waals surface area (Å²) in [6.45, 7) is 12.6. The normalized spacial score (nSPS) is 14.1. The van der Waals surface area contributed by atoms with Crippen LogP contribution in [0.25, 0.3) is 0 Å². The first-order valence-electron chi connectivity index (χ1n) is 9.10. The molecule has 0 saturated carbocycles. The molecule has 0 spiro atoms. The minimum atomic E-state index is -0.419. The fourth-order valence-corrected chi connectivity index (χ4v) is 6.48. The standard InChI is InChI=1S/2C6H11O.C5H5.C4H9.Hf/c2*1-3-4-5-6(2)7;1-2-4-5-3-1;1-3-4-2;/h2*3,6H,1,4-5H2,2H3;1-3H,4H2;1,3-4H2,2H3;/q2*-1;;;+2. The predicted molar refractivity (Wildman–Crippen MR) is 99.3 cm³/mol. The van der Waals surface area contributed by atoms with Crippen LogP contribution in [0.1, 0.15) is 65.7 Å². The summed E-state index contributed by atoms with van der Waals surface area (Å²) in [6, 6.07) is 0. The van der Waals surface area contributed by atoms with Crippen molar-refractivity contribution in [3.05, 3.63) is 46.9 Å². The molecule has 0 aromatic rings. The Bertz CT molecular complexity index is 328. The summed E-state index contributed by atoms with van der Waals surface area (Å²) in [4.78, 5) is 0. The van der Waals surface area contributed by atoms with Crippen LogP contribution in [-0.2, 0) is 22.9 Å². The van der Waals surface area contributed by atoms with E-state index in [9.17, 15) is 10.2 Å². The van der Waals surface area contributed by atoms with Crippen LogP contribution in [0.4, 0.5) is 0 Å². The third-order valence-electron chi connectivity index (χ3n) is 3.21. The van der Waals surface area contributed by atoms with Gasteiger partial charge in [0.2, 0.25) is 0 Å². The molecular weight excluding hydrogens is 463 g/mol. The maximum absolute atomic E-state index is 10.2. The van der Waals surface area contributed by atoms with Crippen molar-refractivity contribution in [2.45, 2.75) is 82.1 Å². The Hall–Kier alpha value is -0.250. The monoisotopic (exact) mass is 500 g/mol. The summed E-state index contributed by atoms with van der Waals surface area (Å²) in [5.74, 6) is 0. The molecule has 3 heteroatoms. The van der Waals surface area contributed by atoms with E-state index >= 15 is 0 Å². The Labute approximate surface area is 161 Å². The third-order valence-corrected chi connectivity index (χ3v) is 8.34. The number of hydrogen-bond acceptors (Lipinski definition) is 2. The second kappa shape index (κ2) is 20.8. The topological polar surface area (TPSA) is 46.1 Å². The average molecular weight is 499 g/mol. The molecule has 0 radical (unpaired) electrons. The molecule has 2 nitrogen and oxygen atoms in total. The molecule has 0 aromatic carbocycles. The molecule has 0 bridgehead atoms. The molecule has 0 amide bonds. The van der Waals surface area contributed by atoms with Gasteiger partial charge >= 0.3 is 74.8 Å². The van der Waals surface area contributed by atoms with Gasteiger partial charge in [-0.05, 0) is 12.8 Å². The Morgan fingerprint density at radius 2 is 1.67 bits per heavy atom. The zero-order chi connectivity index (χ0) is 18.6. The Balaban J connectivity index is 0. The van der Waals surface area contributed by atoms with E-state index in [0.717, 1.165) is 25.7 Å². The molecule has 1 rings (SSSR count). The van der Waals surface area contributed by atoms with Crippen LogP contribution in [0.2, 0.25) is 4.18 Å². The molecule has 2 unspecified atom stereocenters. The molecular formula is C21H36HfO2. The van der Waals surface area contributed by atoms with E-state index in [1.807, 2.05) is 3.33 Å². The first-order chi connectivity index (χ1) is 11.5. The van der Waals surface area contributed by atoms with Crippen LogP contribution in [0, 0.1) is 0 Å². The molecule has 1 aliphatic rings. The molecule has 2 atom stereocenters. The SMILES string of the molecule is C=CCCC(C)[O-].C=CCCC(C)[O-].CCC[CH2][Hf+2][C]1=CC=CC1. The van der Waals surface area contributed by atoms with E-state index in [0.29, 0.717) is 0 Å². The molecule has 0 aromatic heterocycles. The Kier molecular flexibility index (Phi) is 22.5. The first kappa shape index (κ1) is 26.0. The van der Waals surface area contributed by atoms with Gasteiger partial charge in [-0.2, -0.15) is 0 Å². The molecule has 1 aliphatic carbocycles. The van der Waals surface area contributed by atoms with Gasteiger partial charge in [-0.25, -0.2) is 0 Å². The van der Waals surface area contributed by atoms with E-state index in [1.54, 1.807) is 30.2 Å². The second-order valence-electron chi connectivity index (χ2n) is 5.96.